The number of aromatic nitrogens is 1. The van der Waals surface area contributed by atoms with Crippen LogP contribution in [-0.4, -0.2) is 39.3 Å². The van der Waals surface area contributed by atoms with E-state index in [9.17, 15) is 8.42 Å². The lowest BCUT2D eigenvalue weighted by Gasteiger charge is -2.22. The molecule has 0 saturated carbocycles. The zero-order valence-corrected chi connectivity index (χ0v) is 12.9. The minimum Gasteiger partial charge on any atom is -0.377 e. The number of hydrogen-bond donors (Lipinski definition) is 2. The summed E-state index contributed by atoms with van der Waals surface area (Å²) in [7, 11) is 0.218. The fourth-order valence-corrected chi connectivity index (χ4v) is 3.50. The van der Waals surface area contributed by atoms with Crippen molar-refractivity contribution in [2.45, 2.75) is 36.8 Å². The first kappa shape index (κ1) is 15.5. The summed E-state index contributed by atoms with van der Waals surface area (Å²) in [6.07, 6.45) is 4.72. The molecule has 1 fully saturated rings. The molecule has 2 N–H and O–H groups in total. The van der Waals surface area contributed by atoms with Gasteiger partial charge in [0.25, 0.3) is 0 Å². The number of hydrogen-bond acceptors (Lipinski definition) is 4. The maximum atomic E-state index is 12.2. The summed E-state index contributed by atoms with van der Waals surface area (Å²) in [6.45, 7) is 1.71. The van der Waals surface area contributed by atoms with Gasteiger partial charge in [0.15, 0.2) is 0 Å². The molecule has 1 unspecified atom stereocenters. The summed E-state index contributed by atoms with van der Waals surface area (Å²) in [5.41, 5.74) is 0.932. The summed E-state index contributed by atoms with van der Waals surface area (Å²) in [5, 5.41) is 3.02. The van der Waals surface area contributed by atoms with E-state index in [1.165, 1.54) is 0 Å². The normalized spacial score (nSPS) is 20.2. The average molecular weight is 301 g/mol. The predicted molar refractivity (Wildman–Crippen MR) is 77.0 cm³/mol. The molecule has 7 heteroatoms. The molecule has 0 aromatic carbocycles. The SMILES string of the molecule is CNCc1cc(S(=O)(=O)NCC2CCCCO2)cn1C. The Bertz CT molecular complexity index is 533. The molecule has 1 saturated heterocycles. The third-order valence-electron chi connectivity index (χ3n) is 3.53. The zero-order valence-electron chi connectivity index (χ0n) is 12.1. The van der Waals surface area contributed by atoms with Crippen molar-refractivity contribution < 1.29 is 13.2 Å². The van der Waals surface area contributed by atoms with Gasteiger partial charge in [-0.3, -0.25) is 0 Å². The Morgan fingerprint density at radius 2 is 2.25 bits per heavy atom. The van der Waals surface area contributed by atoms with E-state index in [0.717, 1.165) is 31.6 Å². The predicted octanol–water partition coefficient (Wildman–Crippen LogP) is 0.592. The highest BCUT2D eigenvalue weighted by Crippen LogP contribution is 2.15. The number of rotatable bonds is 6. The smallest absolute Gasteiger partial charge is 0.242 e. The second-order valence-corrected chi connectivity index (χ2v) is 6.92. The van der Waals surface area contributed by atoms with Crippen LogP contribution in [0.4, 0.5) is 0 Å². The van der Waals surface area contributed by atoms with Crippen LogP contribution < -0.4 is 10.0 Å². The number of sulfonamides is 1. The van der Waals surface area contributed by atoms with Crippen molar-refractivity contribution >= 4 is 10.0 Å². The number of nitrogens with one attached hydrogen (secondary N) is 2. The van der Waals surface area contributed by atoms with Gasteiger partial charge in [0, 0.05) is 38.6 Å². The quantitative estimate of drug-likeness (QED) is 0.807. The summed E-state index contributed by atoms with van der Waals surface area (Å²) in [4.78, 5) is 0.307. The molecule has 2 heterocycles. The first-order chi connectivity index (χ1) is 9.53. The standard InChI is InChI=1S/C13H23N3O3S/c1-14-8-11-7-13(10-16(11)2)20(17,18)15-9-12-5-3-4-6-19-12/h7,10,12,14-15H,3-6,8-9H2,1-2H3. The van der Waals surface area contributed by atoms with Crippen LogP contribution in [0.3, 0.4) is 0 Å². The van der Waals surface area contributed by atoms with Crippen LogP contribution in [-0.2, 0) is 28.4 Å². The van der Waals surface area contributed by atoms with Gasteiger partial charge in [-0.25, -0.2) is 13.1 Å². The van der Waals surface area contributed by atoms with Gasteiger partial charge in [-0.05, 0) is 32.4 Å². The molecule has 0 amide bonds. The molecule has 0 bridgehead atoms. The van der Waals surface area contributed by atoms with E-state index in [2.05, 4.69) is 10.0 Å². The van der Waals surface area contributed by atoms with Gasteiger partial charge in [-0.15, -0.1) is 0 Å². The van der Waals surface area contributed by atoms with Crippen molar-refractivity contribution in [3.63, 3.8) is 0 Å². The van der Waals surface area contributed by atoms with Gasteiger partial charge in [0.2, 0.25) is 10.0 Å². The molecule has 1 aromatic rings. The monoisotopic (exact) mass is 301 g/mol. The van der Waals surface area contributed by atoms with Crippen LogP contribution >= 0.6 is 0 Å². The summed E-state index contributed by atoms with van der Waals surface area (Å²) < 4.78 is 34.5. The van der Waals surface area contributed by atoms with Crippen molar-refractivity contribution in [1.82, 2.24) is 14.6 Å². The Morgan fingerprint density at radius 1 is 1.45 bits per heavy atom. The maximum absolute atomic E-state index is 12.2. The number of nitrogens with zero attached hydrogens (tertiary/aromatic N) is 1. The molecular formula is C13H23N3O3S. The molecule has 0 radical (unpaired) electrons. The Kier molecular flexibility index (Phi) is 5.20. The molecule has 1 aromatic heterocycles. The second kappa shape index (κ2) is 6.71. The van der Waals surface area contributed by atoms with Gasteiger partial charge in [0.05, 0.1) is 11.0 Å². The average Bonchev–Trinajstić information content (AvgIpc) is 2.81. The fraction of sp³-hybridized carbons (Fsp3) is 0.692. The molecule has 1 atom stereocenters. The Labute approximate surface area is 120 Å². The van der Waals surface area contributed by atoms with Gasteiger partial charge >= 0.3 is 0 Å². The van der Waals surface area contributed by atoms with Gasteiger partial charge < -0.3 is 14.6 Å². The highest BCUT2D eigenvalue weighted by molar-refractivity contribution is 7.89. The molecule has 20 heavy (non-hydrogen) atoms. The largest absolute Gasteiger partial charge is 0.377 e. The van der Waals surface area contributed by atoms with E-state index in [4.69, 9.17) is 4.74 Å². The number of ether oxygens (including phenoxy) is 1. The van der Waals surface area contributed by atoms with E-state index in [0.29, 0.717) is 18.0 Å². The Balaban J connectivity index is 2.00. The van der Waals surface area contributed by atoms with Gasteiger partial charge in [-0.2, -0.15) is 0 Å². The van der Waals surface area contributed by atoms with Crippen molar-refractivity contribution in [2.75, 3.05) is 20.2 Å². The van der Waals surface area contributed by atoms with Crippen LogP contribution in [0.2, 0.25) is 0 Å². The molecule has 2 rings (SSSR count). The minimum atomic E-state index is -3.46. The third kappa shape index (κ3) is 3.82. The van der Waals surface area contributed by atoms with Gasteiger partial charge in [-0.1, -0.05) is 0 Å². The Morgan fingerprint density at radius 3 is 2.90 bits per heavy atom. The summed E-state index contributed by atoms with van der Waals surface area (Å²) >= 11 is 0. The van der Waals surface area contributed by atoms with Gasteiger partial charge in [0.1, 0.15) is 0 Å². The molecule has 0 aliphatic carbocycles. The third-order valence-corrected chi connectivity index (χ3v) is 4.92. The topological polar surface area (TPSA) is 72.4 Å². The highest BCUT2D eigenvalue weighted by atomic mass is 32.2. The highest BCUT2D eigenvalue weighted by Gasteiger charge is 2.20. The molecule has 114 valence electrons. The molecule has 6 nitrogen and oxygen atoms in total. The molecular weight excluding hydrogens is 278 g/mol. The van der Waals surface area contributed by atoms with Crippen LogP contribution in [0.5, 0.6) is 0 Å². The van der Waals surface area contributed by atoms with E-state index in [-0.39, 0.29) is 6.10 Å². The van der Waals surface area contributed by atoms with Crippen LogP contribution in [0, 0.1) is 0 Å². The summed E-state index contributed by atoms with van der Waals surface area (Å²) in [6, 6.07) is 1.70. The fourth-order valence-electron chi connectivity index (χ4n) is 2.34. The Hall–Kier alpha value is -0.890. The second-order valence-electron chi connectivity index (χ2n) is 5.15. The molecule has 1 aliphatic heterocycles. The minimum absolute atomic E-state index is 0.000911. The first-order valence-electron chi connectivity index (χ1n) is 6.94. The molecule has 1 aliphatic rings. The van der Waals surface area contributed by atoms with Crippen molar-refractivity contribution in [1.29, 1.82) is 0 Å². The first-order valence-corrected chi connectivity index (χ1v) is 8.42. The van der Waals surface area contributed by atoms with Crippen molar-refractivity contribution in [3.8, 4) is 0 Å². The van der Waals surface area contributed by atoms with E-state index in [1.54, 1.807) is 12.3 Å². The number of aryl methyl sites for hydroxylation is 1. The van der Waals surface area contributed by atoms with Crippen molar-refractivity contribution in [3.05, 3.63) is 18.0 Å². The molecule has 0 spiro atoms. The van der Waals surface area contributed by atoms with Crippen LogP contribution in [0.15, 0.2) is 17.2 Å². The van der Waals surface area contributed by atoms with E-state index in [1.807, 2.05) is 18.7 Å². The summed E-state index contributed by atoms with van der Waals surface area (Å²) in [5.74, 6) is 0. The van der Waals surface area contributed by atoms with E-state index >= 15 is 0 Å². The lowest BCUT2D eigenvalue weighted by Crippen LogP contribution is -2.35. The van der Waals surface area contributed by atoms with Crippen LogP contribution in [0.25, 0.3) is 0 Å². The maximum Gasteiger partial charge on any atom is 0.242 e. The zero-order chi connectivity index (χ0) is 14.6. The lowest BCUT2D eigenvalue weighted by molar-refractivity contribution is 0.0200. The van der Waals surface area contributed by atoms with Crippen LogP contribution in [0.1, 0.15) is 25.0 Å². The van der Waals surface area contributed by atoms with Crippen molar-refractivity contribution in [2.24, 2.45) is 7.05 Å². The lowest BCUT2D eigenvalue weighted by atomic mass is 10.1. The van der Waals surface area contributed by atoms with E-state index < -0.39 is 10.0 Å².